The Bertz CT molecular complexity index is 210. The van der Waals surface area contributed by atoms with Gasteiger partial charge < -0.3 is 5.32 Å². The van der Waals surface area contributed by atoms with Gasteiger partial charge >= 0.3 is 0 Å². The van der Waals surface area contributed by atoms with E-state index in [1.165, 1.54) is 51.1 Å². The number of thioether (sulfide) groups is 1. The Morgan fingerprint density at radius 2 is 2.19 bits per heavy atom. The molecule has 16 heavy (non-hydrogen) atoms. The molecule has 2 rings (SSSR count). The molecule has 1 aliphatic carbocycles. The second-order valence-electron chi connectivity index (χ2n) is 5.10. The molecule has 0 aromatic heterocycles. The van der Waals surface area contributed by atoms with Crippen molar-refractivity contribution < 1.29 is 0 Å². The van der Waals surface area contributed by atoms with Gasteiger partial charge in [-0.25, -0.2) is 0 Å². The number of rotatable bonds is 4. The van der Waals surface area contributed by atoms with Gasteiger partial charge in [-0.15, -0.1) is 0 Å². The Balaban J connectivity index is 1.79. The molecule has 0 radical (unpaired) electrons. The molecule has 94 valence electrons. The Morgan fingerprint density at radius 3 is 2.94 bits per heavy atom. The first kappa shape index (κ1) is 12.7. The van der Waals surface area contributed by atoms with E-state index in [-0.39, 0.29) is 0 Å². The van der Waals surface area contributed by atoms with Gasteiger partial charge in [0.05, 0.1) is 0 Å². The fraction of sp³-hybridized carbons (Fsp3) is 1.00. The molecule has 0 aromatic rings. The molecule has 1 aliphatic heterocycles. The summed E-state index contributed by atoms with van der Waals surface area (Å²) in [5.41, 5.74) is 0. The summed E-state index contributed by atoms with van der Waals surface area (Å²) in [5, 5.41) is 4.56. The van der Waals surface area contributed by atoms with E-state index in [0.717, 1.165) is 17.3 Å². The van der Waals surface area contributed by atoms with Crippen LogP contribution in [0.3, 0.4) is 0 Å². The van der Waals surface area contributed by atoms with Crippen LogP contribution in [0.2, 0.25) is 0 Å². The predicted octanol–water partition coefficient (Wildman–Crippen LogP) is 2.34. The van der Waals surface area contributed by atoms with E-state index in [9.17, 15) is 0 Å². The maximum Gasteiger partial charge on any atom is 0.0193 e. The lowest BCUT2D eigenvalue weighted by Crippen LogP contribution is -2.53. The standard InChI is InChI=1S/C13H26N2S/c1-3-11-10-15(8-7-14-11)12-5-6-13(9-12)16-4-2/h11-14H,3-10H2,1-2H3. The molecular weight excluding hydrogens is 216 g/mol. The third-order valence-electron chi connectivity index (χ3n) is 4.06. The first-order valence-electron chi connectivity index (χ1n) is 6.92. The maximum atomic E-state index is 3.61. The monoisotopic (exact) mass is 242 g/mol. The van der Waals surface area contributed by atoms with Crippen molar-refractivity contribution >= 4 is 11.8 Å². The quantitative estimate of drug-likeness (QED) is 0.814. The van der Waals surface area contributed by atoms with Crippen molar-refractivity contribution in [1.82, 2.24) is 10.2 Å². The molecule has 0 amide bonds. The minimum absolute atomic E-state index is 0.742. The van der Waals surface area contributed by atoms with Crippen LogP contribution >= 0.6 is 11.8 Å². The van der Waals surface area contributed by atoms with Crippen LogP contribution in [0.5, 0.6) is 0 Å². The summed E-state index contributed by atoms with van der Waals surface area (Å²) in [5.74, 6) is 1.29. The van der Waals surface area contributed by atoms with E-state index in [1.54, 1.807) is 0 Å². The van der Waals surface area contributed by atoms with Crippen molar-refractivity contribution in [3.8, 4) is 0 Å². The minimum Gasteiger partial charge on any atom is -0.311 e. The smallest absolute Gasteiger partial charge is 0.0193 e. The molecule has 3 heteroatoms. The van der Waals surface area contributed by atoms with E-state index in [4.69, 9.17) is 0 Å². The first-order valence-corrected chi connectivity index (χ1v) is 7.97. The highest BCUT2D eigenvalue weighted by molar-refractivity contribution is 7.99. The topological polar surface area (TPSA) is 15.3 Å². The van der Waals surface area contributed by atoms with Crippen LogP contribution in [0.25, 0.3) is 0 Å². The highest BCUT2D eigenvalue weighted by Gasteiger charge is 2.31. The van der Waals surface area contributed by atoms with Crippen molar-refractivity contribution in [1.29, 1.82) is 0 Å². The first-order chi connectivity index (χ1) is 7.83. The lowest BCUT2D eigenvalue weighted by Gasteiger charge is -2.37. The van der Waals surface area contributed by atoms with E-state index >= 15 is 0 Å². The van der Waals surface area contributed by atoms with Crippen LogP contribution in [0.1, 0.15) is 39.5 Å². The molecule has 3 unspecified atom stereocenters. The van der Waals surface area contributed by atoms with Gasteiger partial charge in [0, 0.05) is 37.0 Å². The van der Waals surface area contributed by atoms with Gasteiger partial charge in [0.25, 0.3) is 0 Å². The average Bonchev–Trinajstić information content (AvgIpc) is 2.78. The van der Waals surface area contributed by atoms with Gasteiger partial charge in [-0.1, -0.05) is 13.8 Å². The summed E-state index contributed by atoms with van der Waals surface area (Å²) < 4.78 is 0. The number of nitrogens with one attached hydrogen (secondary N) is 1. The van der Waals surface area contributed by atoms with E-state index in [1.807, 2.05) is 0 Å². The molecule has 2 aliphatic rings. The second kappa shape index (κ2) is 6.27. The summed E-state index contributed by atoms with van der Waals surface area (Å²) in [4.78, 5) is 2.75. The van der Waals surface area contributed by atoms with Crippen LogP contribution in [0, 0.1) is 0 Å². The summed E-state index contributed by atoms with van der Waals surface area (Å²) in [6, 6.07) is 1.63. The van der Waals surface area contributed by atoms with Gasteiger partial charge in [-0.2, -0.15) is 11.8 Å². The molecule has 2 fully saturated rings. The summed E-state index contributed by atoms with van der Waals surface area (Å²) in [6.07, 6.45) is 5.60. The van der Waals surface area contributed by atoms with Crippen molar-refractivity contribution in [3.63, 3.8) is 0 Å². The van der Waals surface area contributed by atoms with Crippen LogP contribution < -0.4 is 5.32 Å². The number of hydrogen-bond donors (Lipinski definition) is 1. The average molecular weight is 242 g/mol. The minimum atomic E-state index is 0.742. The molecule has 1 saturated carbocycles. The molecule has 2 nitrogen and oxygen atoms in total. The van der Waals surface area contributed by atoms with Crippen LogP contribution in [-0.2, 0) is 0 Å². The zero-order chi connectivity index (χ0) is 11.4. The molecule has 0 spiro atoms. The van der Waals surface area contributed by atoms with Gasteiger partial charge in [0.1, 0.15) is 0 Å². The highest BCUT2D eigenvalue weighted by Crippen LogP contribution is 2.33. The van der Waals surface area contributed by atoms with E-state index in [2.05, 4.69) is 35.8 Å². The molecule has 1 heterocycles. The molecular formula is C13H26N2S. The Kier molecular flexibility index (Phi) is 4.98. The SMILES string of the molecule is CCSC1CCC(N2CCNC(CC)C2)C1. The van der Waals surface area contributed by atoms with E-state index in [0.29, 0.717) is 0 Å². The molecule has 1 saturated heterocycles. The maximum absolute atomic E-state index is 3.61. The molecule has 0 aromatic carbocycles. The largest absolute Gasteiger partial charge is 0.311 e. The lowest BCUT2D eigenvalue weighted by atomic mass is 10.1. The van der Waals surface area contributed by atoms with Crippen molar-refractivity contribution in [2.45, 2.75) is 56.9 Å². The number of piperazine rings is 1. The fourth-order valence-electron chi connectivity index (χ4n) is 3.09. The Morgan fingerprint density at radius 1 is 1.31 bits per heavy atom. The summed E-state index contributed by atoms with van der Waals surface area (Å²) in [6.45, 7) is 8.33. The van der Waals surface area contributed by atoms with Gasteiger partial charge in [-0.3, -0.25) is 4.90 Å². The third kappa shape index (κ3) is 3.14. The van der Waals surface area contributed by atoms with Crippen LogP contribution in [-0.4, -0.2) is 47.6 Å². The van der Waals surface area contributed by atoms with Crippen LogP contribution in [0.15, 0.2) is 0 Å². The van der Waals surface area contributed by atoms with Gasteiger partial charge in [-0.05, 0) is 31.4 Å². The fourth-order valence-corrected chi connectivity index (χ4v) is 4.22. The molecule has 3 atom stereocenters. The summed E-state index contributed by atoms with van der Waals surface area (Å²) in [7, 11) is 0. The van der Waals surface area contributed by atoms with E-state index < -0.39 is 0 Å². The van der Waals surface area contributed by atoms with Gasteiger partial charge in [0.2, 0.25) is 0 Å². The van der Waals surface area contributed by atoms with Crippen LogP contribution in [0.4, 0.5) is 0 Å². The molecule has 1 N–H and O–H groups in total. The zero-order valence-electron chi connectivity index (χ0n) is 10.7. The third-order valence-corrected chi connectivity index (χ3v) is 5.29. The number of nitrogens with zero attached hydrogens (tertiary/aromatic N) is 1. The van der Waals surface area contributed by atoms with Crippen molar-refractivity contribution in [2.75, 3.05) is 25.4 Å². The number of hydrogen-bond acceptors (Lipinski definition) is 3. The van der Waals surface area contributed by atoms with Gasteiger partial charge in [0.15, 0.2) is 0 Å². The summed E-state index contributed by atoms with van der Waals surface area (Å²) >= 11 is 2.17. The lowest BCUT2D eigenvalue weighted by molar-refractivity contribution is 0.144. The Labute approximate surface area is 105 Å². The second-order valence-corrected chi connectivity index (χ2v) is 6.68. The highest BCUT2D eigenvalue weighted by atomic mass is 32.2. The molecule has 0 bridgehead atoms. The normalized spacial score (nSPS) is 36.8. The Hall–Kier alpha value is 0.270. The predicted molar refractivity (Wildman–Crippen MR) is 73.2 cm³/mol. The van der Waals surface area contributed by atoms with Crippen molar-refractivity contribution in [2.24, 2.45) is 0 Å². The van der Waals surface area contributed by atoms with Crippen molar-refractivity contribution in [3.05, 3.63) is 0 Å². The zero-order valence-corrected chi connectivity index (χ0v) is 11.6.